The van der Waals surface area contributed by atoms with E-state index in [9.17, 15) is 34.8 Å². The second kappa shape index (κ2) is 9.29. The predicted molar refractivity (Wildman–Crippen MR) is 82.5 cm³/mol. The molecule has 0 heterocycles. The summed E-state index contributed by atoms with van der Waals surface area (Å²) < 4.78 is 111. The Bertz CT molecular complexity index is 661. The smallest absolute Gasteiger partial charge is 0.362 e. The van der Waals surface area contributed by atoms with Gasteiger partial charge in [0.15, 0.2) is 0 Å². The number of alkyl halides is 5. The second-order valence-corrected chi connectivity index (χ2v) is 7.76. The zero-order valence-corrected chi connectivity index (χ0v) is 15.1. The highest BCUT2D eigenvalue weighted by Crippen LogP contribution is 2.41. The molecule has 26 heavy (non-hydrogen) atoms. The zero-order chi connectivity index (χ0) is 20.0. The van der Waals surface area contributed by atoms with Crippen molar-refractivity contribution in [1.29, 1.82) is 0 Å². The topological polar surface area (TPSA) is 52.6 Å². The Morgan fingerprint density at radius 2 is 1.65 bits per heavy atom. The van der Waals surface area contributed by atoms with Gasteiger partial charge in [-0.25, -0.2) is 4.39 Å². The molecule has 0 spiro atoms. The van der Waals surface area contributed by atoms with E-state index in [0.717, 1.165) is 24.3 Å². The van der Waals surface area contributed by atoms with Crippen LogP contribution in [0.1, 0.15) is 26.2 Å². The first-order valence-corrected chi connectivity index (χ1v) is 9.49. The van der Waals surface area contributed by atoms with Gasteiger partial charge < -0.3 is 4.74 Å². The van der Waals surface area contributed by atoms with Gasteiger partial charge in [0.2, 0.25) is 6.10 Å². The molecule has 0 aromatic heterocycles. The highest BCUT2D eigenvalue weighted by Gasteiger charge is 2.65. The van der Waals surface area contributed by atoms with E-state index in [0.29, 0.717) is 12.8 Å². The lowest BCUT2D eigenvalue weighted by atomic mass is 10.2. The van der Waals surface area contributed by atoms with Gasteiger partial charge in [-0.15, -0.1) is 0 Å². The number of unbranched alkanes of at least 4 members (excludes halogenated alkanes) is 2. The minimum atomic E-state index is -6.00. The molecule has 0 amide bonds. The molecule has 1 atom stereocenters. The number of benzene rings is 1. The summed E-state index contributed by atoms with van der Waals surface area (Å²) in [4.78, 5) is -0.0989. The van der Waals surface area contributed by atoms with Crippen LogP contribution in [0.4, 0.5) is 26.3 Å². The fourth-order valence-corrected chi connectivity index (χ4v) is 3.43. The third-order valence-corrected chi connectivity index (χ3v) is 5.34. The third-order valence-electron chi connectivity index (χ3n) is 3.00. The summed E-state index contributed by atoms with van der Waals surface area (Å²) in [5, 5.41) is -5.37. The molecule has 0 N–H and O–H groups in total. The van der Waals surface area contributed by atoms with Gasteiger partial charge in [-0.2, -0.15) is 34.0 Å². The Morgan fingerprint density at radius 3 is 2.15 bits per heavy atom. The van der Waals surface area contributed by atoms with Gasteiger partial charge in [0, 0.05) is 23.5 Å². The molecular weight excluding hydrogens is 410 g/mol. The van der Waals surface area contributed by atoms with Crippen molar-refractivity contribution < 1.29 is 43.1 Å². The molecule has 12 heteroatoms. The highest BCUT2D eigenvalue weighted by molar-refractivity contribution is 8.04. The number of hydrogen-bond acceptors (Lipinski definition) is 5. The molecule has 0 saturated carbocycles. The third kappa shape index (κ3) is 6.32. The van der Waals surface area contributed by atoms with Crippen molar-refractivity contribution >= 4 is 22.2 Å². The van der Waals surface area contributed by atoms with E-state index in [-0.39, 0.29) is 23.4 Å². The first-order chi connectivity index (χ1) is 11.9. The number of ether oxygens (including phenoxy) is 1. The quantitative estimate of drug-likeness (QED) is 0.302. The van der Waals surface area contributed by atoms with E-state index in [1.54, 1.807) is 6.92 Å². The number of halogens is 6. The van der Waals surface area contributed by atoms with Crippen LogP contribution in [0.3, 0.4) is 0 Å². The van der Waals surface area contributed by atoms with Gasteiger partial charge in [0.1, 0.15) is 5.82 Å². The molecule has 1 rings (SSSR count). The van der Waals surface area contributed by atoms with E-state index >= 15 is 0 Å². The average Bonchev–Trinajstić information content (AvgIpc) is 2.52. The maximum absolute atomic E-state index is 14.0. The van der Waals surface area contributed by atoms with Crippen molar-refractivity contribution in [2.45, 2.75) is 48.6 Å². The highest BCUT2D eigenvalue weighted by atomic mass is 32.3. The maximum Gasteiger partial charge on any atom is 0.421 e. The van der Waals surface area contributed by atoms with Crippen LogP contribution in [0.15, 0.2) is 29.2 Å². The lowest BCUT2D eigenvalue weighted by Gasteiger charge is -2.27. The molecule has 0 fully saturated rings. The van der Waals surface area contributed by atoms with Crippen LogP contribution in [0, 0.1) is 5.82 Å². The van der Waals surface area contributed by atoms with Crippen molar-refractivity contribution in [3.8, 4) is 0 Å². The fraction of sp³-hybridized carbons (Fsp3) is 0.571. The van der Waals surface area contributed by atoms with Crippen LogP contribution in [-0.2, 0) is 18.5 Å². The molecule has 0 radical (unpaired) electrons. The molecule has 0 aliphatic rings. The van der Waals surface area contributed by atoms with Crippen molar-refractivity contribution in [2.24, 2.45) is 0 Å². The Kier molecular flexibility index (Phi) is 8.24. The molecule has 0 aliphatic heterocycles. The Balaban J connectivity index is 2.90. The molecule has 0 bridgehead atoms. The van der Waals surface area contributed by atoms with Crippen LogP contribution in [0.25, 0.3) is 0 Å². The maximum atomic E-state index is 14.0. The van der Waals surface area contributed by atoms with Gasteiger partial charge in [-0.05, 0) is 30.7 Å². The van der Waals surface area contributed by atoms with E-state index in [1.165, 1.54) is 0 Å². The minimum Gasteiger partial charge on any atom is -0.362 e. The molecule has 1 aromatic rings. The number of hydrogen-bond donors (Lipinski definition) is 0. The van der Waals surface area contributed by atoms with Gasteiger partial charge >= 0.3 is 21.5 Å². The molecule has 1 aromatic carbocycles. The summed E-state index contributed by atoms with van der Waals surface area (Å²) in [5.74, 6) is -0.680. The van der Waals surface area contributed by atoms with Crippen molar-refractivity contribution in [1.82, 2.24) is 0 Å². The number of rotatable bonds is 10. The standard InChI is InChI=1S/C14H16F6O4S2/c1-2-3-4-9-23-12(13(16,17)18)14(19,20)26(21,22)24-25-11-7-5-10(15)6-8-11/h5-8,12H,2-4,9H2,1H3. The van der Waals surface area contributed by atoms with Gasteiger partial charge in [0.25, 0.3) is 0 Å². The van der Waals surface area contributed by atoms with E-state index in [2.05, 4.69) is 8.37 Å². The minimum absolute atomic E-state index is 0.0599. The van der Waals surface area contributed by atoms with E-state index < -0.39 is 40.1 Å². The van der Waals surface area contributed by atoms with Gasteiger partial charge in [-0.3, -0.25) is 0 Å². The molecule has 150 valence electrons. The zero-order valence-electron chi connectivity index (χ0n) is 13.4. The predicted octanol–water partition coefficient (Wildman–Crippen LogP) is 4.91. The fourth-order valence-electron chi connectivity index (χ4n) is 1.69. The summed E-state index contributed by atoms with van der Waals surface area (Å²) in [6, 6.07) is 3.81. The molecule has 4 nitrogen and oxygen atoms in total. The lowest BCUT2D eigenvalue weighted by Crippen LogP contribution is -2.51. The normalized spacial score (nSPS) is 14.4. The van der Waals surface area contributed by atoms with E-state index in [1.807, 2.05) is 0 Å². The summed E-state index contributed by atoms with van der Waals surface area (Å²) >= 11 is -0.135. The Labute approximate surface area is 151 Å². The molecule has 0 saturated heterocycles. The Morgan fingerprint density at radius 1 is 1.08 bits per heavy atom. The average molecular weight is 426 g/mol. The summed E-state index contributed by atoms with van der Waals surface area (Å²) in [6.45, 7) is 1.05. The first kappa shape index (κ1) is 23.1. The van der Waals surface area contributed by atoms with Crippen LogP contribution >= 0.6 is 12.0 Å². The monoisotopic (exact) mass is 426 g/mol. The van der Waals surface area contributed by atoms with Crippen LogP contribution in [-0.4, -0.2) is 32.6 Å². The van der Waals surface area contributed by atoms with Crippen LogP contribution in [0.2, 0.25) is 0 Å². The van der Waals surface area contributed by atoms with E-state index in [4.69, 9.17) is 0 Å². The van der Waals surface area contributed by atoms with Crippen molar-refractivity contribution in [3.05, 3.63) is 30.1 Å². The Hall–Kier alpha value is -0.980. The van der Waals surface area contributed by atoms with Crippen LogP contribution in [0.5, 0.6) is 0 Å². The van der Waals surface area contributed by atoms with Gasteiger partial charge in [-0.1, -0.05) is 19.8 Å². The summed E-state index contributed by atoms with van der Waals surface area (Å²) in [6.07, 6.45) is -8.41. The first-order valence-electron chi connectivity index (χ1n) is 7.34. The van der Waals surface area contributed by atoms with Gasteiger partial charge in [0.05, 0.1) is 0 Å². The largest absolute Gasteiger partial charge is 0.421 e. The molecule has 1 unspecified atom stereocenters. The van der Waals surface area contributed by atoms with Crippen molar-refractivity contribution in [2.75, 3.05) is 6.61 Å². The lowest BCUT2D eigenvalue weighted by molar-refractivity contribution is -0.264. The molecular formula is C14H16F6O4S2. The summed E-state index contributed by atoms with van der Waals surface area (Å²) in [5.41, 5.74) is 0. The molecule has 0 aliphatic carbocycles. The van der Waals surface area contributed by atoms with Crippen LogP contribution < -0.4 is 0 Å². The SMILES string of the molecule is CCCCCOC(C(F)(F)F)C(F)(F)S(=O)(=O)OSc1ccc(F)cc1. The van der Waals surface area contributed by atoms with Crippen molar-refractivity contribution in [3.63, 3.8) is 0 Å². The second-order valence-electron chi connectivity index (χ2n) is 5.12. The summed E-state index contributed by atoms with van der Waals surface area (Å²) in [7, 11) is -6.00.